The first kappa shape index (κ1) is 22.6. The van der Waals surface area contributed by atoms with E-state index in [0.717, 1.165) is 18.7 Å². The predicted octanol–water partition coefficient (Wildman–Crippen LogP) is 3.37. The van der Waals surface area contributed by atoms with Gasteiger partial charge in [0.05, 0.1) is 35.0 Å². The van der Waals surface area contributed by atoms with Gasteiger partial charge in [-0.05, 0) is 42.5 Å². The minimum atomic E-state index is -1.59. The van der Waals surface area contributed by atoms with Gasteiger partial charge in [-0.1, -0.05) is 24.3 Å². The molecule has 5 rings (SSSR count). The van der Waals surface area contributed by atoms with E-state index in [0.29, 0.717) is 17.1 Å². The van der Waals surface area contributed by atoms with Crippen LogP contribution in [0.1, 0.15) is 13.8 Å². The van der Waals surface area contributed by atoms with Crippen molar-refractivity contribution < 1.29 is 33.4 Å². The Labute approximate surface area is 200 Å². The van der Waals surface area contributed by atoms with Gasteiger partial charge in [-0.25, -0.2) is 4.90 Å². The van der Waals surface area contributed by atoms with Crippen molar-refractivity contribution in [2.24, 2.45) is 22.1 Å². The lowest BCUT2D eigenvalue weighted by molar-refractivity contribution is -0.226. The van der Waals surface area contributed by atoms with Gasteiger partial charge < -0.3 is 14.2 Å². The number of rotatable bonds is 6. The number of esters is 2. The van der Waals surface area contributed by atoms with E-state index >= 15 is 0 Å². The number of fused-ring (bicyclic) bond motifs is 5. The fraction of sp³-hybridized carbons (Fsp3) is 0.280. The monoisotopic (exact) mass is 475 g/mol. The van der Waals surface area contributed by atoms with E-state index in [1.54, 1.807) is 30.3 Å². The zero-order valence-electron chi connectivity index (χ0n) is 18.9. The molecule has 2 aromatic rings. The molecule has 0 aliphatic carbocycles. The molecular formula is C25H21N3O7. The molecule has 3 heterocycles. The number of azo groups is 1. The van der Waals surface area contributed by atoms with Crippen LogP contribution < -0.4 is 4.90 Å². The Morgan fingerprint density at radius 3 is 2.11 bits per heavy atom. The van der Waals surface area contributed by atoms with Crippen LogP contribution in [0.4, 0.5) is 17.1 Å². The van der Waals surface area contributed by atoms with Gasteiger partial charge >= 0.3 is 11.9 Å². The maximum Gasteiger partial charge on any atom is 0.305 e. The van der Waals surface area contributed by atoms with Crippen LogP contribution in [-0.2, 0) is 33.4 Å². The highest BCUT2D eigenvalue weighted by Gasteiger charge is 2.72. The lowest BCUT2D eigenvalue weighted by atomic mass is 9.76. The summed E-state index contributed by atoms with van der Waals surface area (Å²) in [5.41, 5.74) is 0.0119. The molecule has 3 aliphatic heterocycles. The molecule has 10 heteroatoms. The average molecular weight is 475 g/mol. The third-order valence-electron chi connectivity index (χ3n) is 6.14. The quantitative estimate of drug-likeness (QED) is 0.206. The number of amides is 2. The molecule has 0 saturated carbocycles. The van der Waals surface area contributed by atoms with Crippen molar-refractivity contribution in [3.63, 3.8) is 0 Å². The van der Waals surface area contributed by atoms with Crippen LogP contribution >= 0.6 is 0 Å². The van der Waals surface area contributed by atoms with Crippen LogP contribution in [0.5, 0.6) is 0 Å². The third kappa shape index (κ3) is 3.81. The number of nitrogens with zero attached hydrogens (tertiary/aromatic N) is 3. The molecule has 10 nitrogen and oxygen atoms in total. The summed E-state index contributed by atoms with van der Waals surface area (Å²) in [7, 11) is 0. The van der Waals surface area contributed by atoms with Crippen LogP contribution in [0.3, 0.4) is 0 Å². The summed E-state index contributed by atoms with van der Waals surface area (Å²) in [5.74, 6) is -4.27. The largest absolute Gasteiger partial charge is 0.422 e. The summed E-state index contributed by atoms with van der Waals surface area (Å²) < 4.78 is 16.4. The van der Waals surface area contributed by atoms with Gasteiger partial charge in [-0.2, -0.15) is 10.2 Å². The van der Waals surface area contributed by atoms with Crippen molar-refractivity contribution in [2.75, 3.05) is 4.90 Å². The first-order valence-electron chi connectivity index (χ1n) is 11.0. The van der Waals surface area contributed by atoms with Gasteiger partial charge in [0.15, 0.2) is 5.60 Å². The molecule has 0 aromatic heterocycles. The second kappa shape index (κ2) is 8.55. The molecule has 4 atom stereocenters. The molecule has 2 aromatic carbocycles. The number of benzene rings is 2. The highest BCUT2D eigenvalue weighted by molar-refractivity contribution is 6.23. The number of carbonyl (C=O) groups excluding carboxylic acids is 4. The summed E-state index contributed by atoms with van der Waals surface area (Å²) in [4.78, 5) is 51.3. The molecule has 2 bridgehead atoms. The Kier molecular flexibility index (Phi) is 5.52. The number of carbonyl (C=O) groups is 4. The molecule has 0 radical (unpaired) electrons. The van der Waals surface area contributed by atoms with Gasteiger partial charge in [0.2, 0.25) is 11.8 Å². The standard InChI is InChI=1S/C25H21N3O7/c1-14(29)33-24(34-15(2)30)25-13-12-19(35-25)20-21(25)23(32)28(22(20)31)18-10-8-17(9-11-18)27-26-16-6-4-3-5-7-16/h3-13,19-21,24H,1-2H3/t19-,20+,21+,25+/m1/s1. The summed E-state index contributed by atoms with van der Waals surface area (Å²) in [6.45, 7) is 2.31. The van der Waals surface area contributed by atoms with E-state index in [-0.39, 0.29) is 0 Å². The Morgan fingerprint density at radius 2 is 1.51 bits per heavy atom. The van der Waals surface area contributed by atoms with Gasteiger partial charge in [0.1, 0.15) is 0 Å². The van der Waals surface area contributed by atoms with Crippen molar-refractivity contribution in [1.82, 2.24) is 0 Å². The smallest absolute Gasteiger partial charge is 0.305 e. The topological polar surface area (TPSA) is 124 Å². The van der Waals surface area contributed by atoms with E-state index in [4.69, 9.17) is 14.2 Å². The van der Waals surface area contributed by atoms with Crippen LogP contribution in [0.25, 0.3) is 0 Å². The number of anilines is 1. The van der Waals surface area contributed by atoms with E-state index in [1.165, 1.54) is 6.08 Å². The average Bonchev–Trinajstić information content (AvgIpc) is 3.49. The van der Waals surface area contributed by atoms with Crippen molar-refractivity contribution in [1.29, 1.82) is 0 Å². The highest BCUT2D eigenvalue weighted by Crippen LogP contribution is 2.54. The summed E-state index contributed by atoms with van der Waals surface area (Å²) >= 11 is 0. The Bertz CT molecular complexity index is 1240. The maximum atomic E-state index is 13.5. The predicted molar refractivity (Wildman–Crippen MR) is 121 cm³/mol. The van der Waals surface area contributed by atoms with Crippen molar-refractivity contribution in [3.8, 4) is 0 Å². The van der Waals surface area contributed by atoms with E-state index in [1.807, 2.05) is 30.3 Å². The number of hydrogen-bond acceptors (Lipinski definition) is 9. The Morgan fingerprint density at radius 1 is 0.914 bits per heavy atom. The first-order valence-corrected chi connectivity index (χ1v) is 11.0. The normalized spacial score (nSPS) is 26.6. The van der Waals surface area contributed by atoms with Gasteiger partial charge in [0, 0.05) is 13.8 Å². The van der Waals surface area contributed by atoms with Crippen LogP contribution in [0, 0.1) is 11.8 Å². The van der Waals surface area contributed by atoms with Gasteiger partial charge in [-0.3, -0.25) is 19.2 Å². The summed E-state index contributed by atoms with van der Waals surface area (Å²) in [5, 5.41) is 8.33. The zero-order valence-corrected chi connectivity index (χ0v) is 18.9. The van der Waals surface area contributed by atoms with Crippen molar-refractivity contribution in [2.45, 2.75) is 31.8 Å². The van der Waals surface area contributed by atoms with E-state index in [2.05, 4.69) is 10.2 Å². The molecular weight excluding hydrogens is 454 g/mol. The summed E-state index contributed by atoms with van der Waals surface area (Å²) in [6, 6.07) is 15.7. The van der Waals surface area contributed by atoms with Crippen LogP contribution in [-0.4, -0.2) is 41.7 Å². The lowest BCUT2D eigenvalue weighted by Crippen LogP contribution is -2.52. The minimum Gasteiger partial charge on any atom is -0.422 e. The SMILES string of the molecule is CC(=O)OC(OC(C)=O)[C@@]12C=C[C@@H](O1)[C@@H]1C(=O)N(c3ccc(N=Nc4ccccc4)cc3)C(=O)[C@H]12. The first-order chi connectivity index (χ1) is 16.8. The van der Waals surface area contributed by atoms with E-state index < -0.39 is 53.6 Å². The number of hydrogen-bond donors (Lipinski definition) is 0. The summed E-state index contributed by atoms with van der Waals surface area (Å²) in [6.07, 6.45) is 0.945. The fourth-order valence-corrected chi connectivity index (χ4v) is 4.75. The molecule has 0 unspecified atom stereocenters. The fourth-order valence-electron chi connectivity index (χ4n) is 4.75. The van der Waals surface area contributed by atoms with Gasteiger partial charge in [-0.15, -0.1) is 0 Å². The molecule has 3 aliphatic rings. The Hall–Kier alpha value is -4.18. The van der Waals surface area contributed by atoms with Crippen LogP contribution in [0.2, 0.25) is 0 Å². The number of ether oxygens (including phenoxy) is 3. The zero-order chi connectivity index (χ0) is 24.7. The minimum absolute atomic E-state index is 0.360. The van der Waals surface area contributed by atoms with Gasteiger partial charge in [0.25, 0.3) is 6.29 Å². The van der Waals surface area contributed by atoms with Crippen LogP contribution in [0.15, 0.2) is 77.0 Å². The van der Waals surface area contributed by atoms with Crippen molar-refractivity contribution in [3.05, 3.63) is 66.7 Å². The number of imide groups is 1. The molecule has 2 fully saturated rings. The molecule has 2 saturated heterocycles. The molecule has 178 valence electrons. The molecule has 2 amide bonds. The molecule has 35 heavy (non-hydrogen) atoms. The maximum absolute atomic E-state index is 13.5. The lowest BCUT2D eigenvalue weighted by Gasteiger charge is -2.34. The van der Waals surface area contributed by atoms with E-state index in [9.17, 15) is 19.2 Å². The Balaban J connectivity index is 1.42. The third-order valence-corrected chi connectivity index (χ3v) is 6.14. The molecule has 0 N–H and O–H groups in total. The second-order valence-corrected chi connectivity index (χ2v) is 8.41. The second-order valence-electron chi connectivity index (χ2n) is 8.41. The highest BCUT2D eigenvalue weighted by atomic mass is 16.7. The molecule has 0 spiro atoms. The van der Waals surface area contributed by atoms with Crippen molar-refractivity contribution >= 4 is 40.8 Å².